The van der Waals surface area contributed by atoms with Crippen LogP contribution in [-0.2, 0) is 30.7 Å². The van der Waals surface area contributed by atoms with Gasteiger partial charge in [0.05, 0.1) is 11.7 Å². The van der Waals surface area contributed by atoms with Gasteiger partial charge < -0.3 is 4.90 Å². The van der Waals surface area contributed by atoms with E-state index in [1.54, 1.807) is 11.9 Å². The van der Waals surface area contributed by atoms with Gasteiger partial charge >= 0.3 is 0 Å². The topological polar surface area (TPSA) is 55.2 Å². The summed E-state index contributed by atoms with van der Waals surface area (Å²) in [4.78, 5) is 33.0. The third-order valence-corrected chi connectivity index (χ3v) is 5.69. The Balaban J connectivity index is 1.73. The molecule has 0 spiro atoms. The van der Waals surface area contributed by atoms with Gasteiger partial charge in [-0.05, 0) is 30.0 Å². The van der Waals surface area contributed by atoms with Crippen molar-refractivity contribution in [3.05, 3.63) is 63.0 Å². The molecule has 3 rings (SSSR count). The monoisotopic (exact) mass is 369 g/mol. The molecule has 1 amide bonds. The number of aromatic nitrogens is 2. The number of carbonyl (C=O) groups excluding carboxylic acids is 1. The molecule has 0 aliphatic carbocycles. The minimum atomic E-state index is -0.153. The molecule has 0 aliphatic rings. The van der Waals surface area contributed by atoms with E-state index in [1.165, 1.54) is 27.8 Å². The first-order valence-corrected chi connectivity index (χ1v) is 9.63. The SMILES string of the molecule is CCc1ccc(CN(C)C(=O)Cn2cnc3sc(CC)cc3c2=O)cc1. The second-order valence-corrected chi connectivity index (χ2v) is 7.50. The zero-order valence-corrected chi connectivity index (χ0v) is 16.2. The van der Waals surface area contributed by atoms with Gasteiger partial charge in [-0.1, -0.05) is 38.1 Å². The molecule has 5 nitrogen and oxygen atoms in total. The van der Waals surface area contributed by atoms with Crippen molar-refractivity contribution in [3.8, 4) is 0 Å². The van der Waals surface area contributed by atoms with Crippen LogP contribution in [0.15, 0.2) is 41.5 Å². The summed E-state index contributed by atoms with van der Waals surface area (Å²) in [5.41, 5.74) is 2.19. The third-order valence-electron chi connectivity index (χ3n) is 4.50. The number of benzene rings is 1. The van der Waals surface area contributed by atoms with Crippen LogP contribution in [-0.4, -0.2) is 27.4 Å². The zero-order chi connectivity index (χ0) is 18.7. The Bertz CT molecular complexity index is 973. The third kappa shape index (κ3) is 3.85. The molecule has 0 radical (unpaired) electrons. The lowest BCUT2D eigenvalue weighted by Crippen LogP contribution is -2.33. The summed E-state index contributed by atoms with van der Waals surface area (Å²) in [5, 5.41) is 0.597. The van der Waals surface area contributed by atoms with Crippen LogP contribution in [0.5, 0.6) is 0 Å². The van der Waals surface area contributed by atoms with E-state index in [0.717, 1.165) is 28.1 Å². The van der Waals surface area contributed by atoms with Crippen LogP contribution >= 0.6 is 11.3 Å². The van der Waals surface area contributed by atoms with Gasteiger partial charge in [0.1, 0.15) is 11.4 Å². The molecule has 0 saturated heterocycles. The molecule has 0 saturated carbocycles. The van der Waals surface area contributed by atoms with E-state index in [0.29, 0.717) is 11.9 Å². The maximum Gasteiger partial charge on any atom is 0.262 e. The molecule has 0 bridgehead atoms. The fraction of sp³-hybridized carbons (Fsp3) is 0.350. The minimum absolute atomic E-state index is 0.00260. The summed E-state index contributed by atoms with van der Waals surface area (Å²) in [5.74, 6) is -0.112. The Morgan fingerprint density at radius 1 is 1.15 bits per heavy atom. The van der Waals surface area contributed by atoms with Crippen LogP contribution in [0, 0.1) is 0 Å². The second kappa shape index (κ2) is 7.83. The van der Waals surface area contributed by atoms with E-state index in [9.17, 15) is 9.59 Å². The molecule has 0 unspecified atom stereocenters. The van der Waals surface area contributed by atoms with Crippen molar-refractivity contribution in [2.75, 3.05) is 7.05 Å². The van der Waals surface area contributed by atoms with Crippen molar-refractivity contribution in [1.29, 1.82) is 0 Å². The van der Waals surface area contributed by atoms with Gasteiger partial charge in [-0.3, -0.25) is 14.2 Å². The van der Waals surface area contributed by atoms with Crippen molar-refractivity contribution in [2.24, 2.45) is 0 Å². The van der Waals surface area contributed by atoms with Crippen LogP contribution in [0.4, 0.5) is 0 Å². The molecular formula is C20H23N3O2S. The summed E-state index contributed by atoms with van der Waals surface area (Å²) in [7, 11) is 1.76. The van der Waals surface area contributed by atoms with Crippen LogP contribution in [0.1, 0.15) is 29.9 Å². The molecule has 6 heteroatoms. The number of hydrogen-bond donors (Lipinski definition) is 0. The maximum atomic E-state index is 12.6. The van der Waals surface area contributed by atoms with Gasteiger partial charge in [0.25, 0.3) is 5.56 Å². The molecule has 3 aromatic rings. The van der Waals surface area contributed by atoms with Crippen LogP contribution in [0.2, 0.25) is 0 Å². The number of fused-ring (bicyclic) bond motifs is 1. The van der Waals surface area contributed by atoms with E-state index >= 15 is 0 Å². The van der Waals surface area contributed by atoms with Gasteiger partial charge in [0.2, 0.25) is 5.91 Å². The van der Waals surface area contributed by atoms with Crippen molar-refractivity contribution in [3.63, 3.8) is 0 Å². The Morgan fingerprint density at radius 2 is 1.85 bits per heavy atom. The highest BCUT2D eigenvalue weighted by Gasteiger charge is 2.14. The van der Waals surface area contributed by atoms with Crippen molar-refractivity contribution in [1.82, 2.24) is 14.5 Å². The first kappa shape index (κ1) is 18.3. The second-order valence-electron chi connectivity index (χ2n) is 6.38. The number of carbonyl (C=O) groups is 1. The lowest BCUT2D eigenvalue weighted by molar-refractivity contribution is -0.131. The summed E-state index contributed by atoms with van der Waals surface area (Å²) in [6.45, 7) is 4.69. The fourth-order valence-electron chi connectivity index (χ4n) is 2.81. The van der Waals surface area contributed by atoms with Crippen LogP contribution in [0.3, 0.4) is 0 Å². The fourth-order valence-corrected chi connectivity index (χ4v) is 3.73. The van der Waals surface area contributed by atoms with Gasteiger partial charge in [-0.25, -0.2) is 4.98 Å². The van der Waals surface area contributed by atoms with Crippen LogP contribution in [0.25, 0.3) is 10.2 Å². The highest BCUT2D eigenvalue weighted by molar-refractivity contribution is 7.18. The maximum absolute atomic E-state index is 12.6. The highest BCUT2D eigenvalue weighted by Crippen LogP contribution is 2.21. The van der Waals surface area contributed by atoms with E-state index in [-0.39, 0.29) is 18.0 Å². The summed E-state index contributed by atoms with van der Waals surface area (Å²) in [6.07, 6.45) is 3.34. The first-order valence-electron chi connectivity index (χ1n) is 8.81. The van der Waals surface area contributed by atoms with E-state index < -0.39 is 0 Å². The lowest BCUT2D eigenvalue weighted by Gasteiger charge is -2.18. The van der Waals surface area contributed by atoms with Crippen molar-refractivity contribution < 1.29 is 4.79 Å². The van der Waals surface area contributed by atoms with Crippen LogP contribution < -0.4 is 5.56 Å². The molecule has 0 atom stereocenters. The quantitative estimate of drug-likeness (QED) is 0.670. The number of likely N-dealkylation sites (N-methyl/N-ethyl adjacent to an activating group) is 1. The average molecular weight is 369 g/mol. The molecule has 1 aromatic carbocycles. The number of amides is 1. The summed E-state index contributed by atoms with van der Waals surface area (Å²) < 4.78 is 1.40. The molecule has 0 N–H and O–H groups in total. The minimum Gasteiger partial charge on any atom is -0.340 e. The predicted molar refractivity (Wildman–Crippen MR) is 106 cm³/mol. The average Bonchev–Trinajstić information content (AvgIpc) is 3.09. The predicted octanol–water partition coefficient (Wildman–Crippen LogP) is 3.24. The van der Waals surface area contributed by atoms with Crippen molar-refractivity contribution in [2.45, 2.75) is 39.8 Å². The largest absolute Gasteiger partial charge is 0.340 e. The zero-order valence-electron chi connectivity index (χ0n) is 15.4. The first-order chi connectivity index (χ1) is 12.5. The Morgan fingerprint density at radius 3 is 2.50 bits per heavy atom. The van der Waals surface area contributed by atoms with E-state index in [4.69, 9.17) is 0 Å². The molecule has 0 aliphatic heterocycles. The number of thiophene rings is 1. The molecule has 26 heavy (non-hydrogen) atoms. The van der Waals surface area contributed by atoms with Gasteiger partial charge in [0, 0.05) is 18.5 Å². The molecule has 2 aromatic heterocycles. The molecule has 2 heterocycles. The molecule has 0 fully saturated rings. The Hall–Kier alpha value is -2.47. The number of aryl methyl sites for hydroxylation is 2. The van der Waals surface area contributed by atoms with Crippen molar-refractivity contribution >= 4 is 27.5 Å². The molecule has 136 valence electrons. The number of hydrogen-bond acceptors (Lipinski definition) is 4. The number of rotatable bonds is 6. The van der Waals surface area contributed by atoms with Gasteiger partial charge in [-0.2, -0.15) is 0 Å². The summed E-state index contributed by atoms with van der Waals surface area (Å²) >= 11 is 1.53. The lowest BCUT2D eigenvalue weighted by atomic mass is 10.1. The van der Waals surface area contributed by atoms with E-state index in [1.807, 2.05) is 18.2 Å². The van der Waals surface area contributed by atoms with Gasteiger partial charge in [-0.15, -0.1) is 11.3 Å². The standard InChI is InChI=1S/C20H23N3O2S/c1-4-14-6-8-15(9-7-14)11-22(3)18(24)12-23-13-21-19-17(20(23)25)10-16(5-2)26-19/h6-10,13H,4-5,11-12H2,1-3H3. The smallest absolute Gasteiger partial charge is 0.262 e. The Labute approximate surface area is 156 Å². The highest BCUT2D eigenvalue weighted by atomic mass is 32.1. The Kier molecular flexibility index (Phi) is 5.52. The molecular weight excluding hydrogens is 346 g/mol. The summed E-state index contributed by atoms with van der Waals surface area (Å²) in [6, 6.07) is 10.1. The number of nitrogens with zero attached hydrogens (tertiary/aromatic N) is 3. The van der Waals surface area contributed by atoms with E-state index in [2.05, 4.69) is 31.0 Å². The van der Waals surface area contributed by atoms with Gasteiger partial charge in [0.15, 0.2) is 0 Å². The normalized spacial score (nSPS) is 11.0.